The molecule has 33 heavy (non-hydrogen) atoms. The number of hydrogen-bond donors (Lipinski definition) is 0. The number of fused-ring (bicyclic) bond motifs is 1. The Bertz CT molecular complexity index is 1270. The Labute approximate surface area is 184 Å². The van der Waals surface area contributed by atoms with E-state index in [4.69, 9.17) is 9.68 Å². The minimum atomic E-state index is -4.60. The lowest BCUT2D eigenvalue weighted by Gasteiger charge is -2.24. The quantitative estimate of drug-likeness (QED) is 0.371. The van der Waals surface area contributed by atoms with Crippen LogP contribution in [0.4, 0.5) is 18.9 Å². The zero-order valence-corrected chi connectivity index (χ0v) is 17.0. The van der Waals surface area contributed by atoms with E-state index in [1.165, 1.54) is 41.0 Å². The SMILES string of the molecule is N#Cc1ccc(CN(CC(F)(F)F)C(=O)CCCn2c(=O)oc3cc([N+](=O)[O-])ccc32)cc1. The third kappa shape index (κ3) is 5.97. The first-order chi connectivity index (χ1) is 15.6. The second-order valence-corrected chi connectivity index (χ2v) is 7.21. The molecule has 0 saturated heterocycles. The number of nitrogens with zero attached hydrogens (tertiary/aromatic N) is 4. The lowest BCUT2D eigenvalue weighted by molar-refractivity contribution is -0.384. The van der Waals surface area contributed by atoms with E-state index in [9.17, 15) is 32.9 Å². The van der Waals surface area contributed by atoms with Crippen molar-refractivity contribution in [3.8, 4) is 6.07 Å². The summed E-state index contributed by atoms with van der Waals surface area (Å²) < 4.78 is 45.2. The number of non-ortho nitro benzene ring substituents is 1. The van der Waals surface area contributed by atoms with Crippen LogP contribution in [0.2, 0.25) is 0 Å². The number of amides is 1. The van der Waals surface area contributed by atoms with Gasteiger partial charge in [0.2, 0.25) is 5.91 Å². The molecule has 0 radical (unpaired) electrons. The average Bonchev–Trinajstić information content (AvgIpc) is 3.07. The number of carbonyl (C=O) groups excluding carboxylic acids is 1. The van der Waals surface area contributed by atoms with Gasteiger partial charge in [-0.05, 0) is 30.2 Å². The van der Waals surface area contributed by atoms with E-state index in [1.54, 1.807) is 0 Å². The molecule has 1 heterocycles. The predicted molar refractivity (Wildman–Crippen MR) is 109 cm³/mol. The lowest BCUT2D eigenvalue weighted by Crippen LogP contribution is -2.38. The number of benzene rings is 2. The Kier molecular flexibility index (Phi) is 6.81. The Morgan fingerprint density at radius 2 is 1.91 bits per heavy atom. The maximum Gasteiger partial charge on any atom is 0.419 e. The lowest BCUT2D eigenvalue weighted by atomic mass is 10.1. The molecule has 0 aliphatic heterocycles. The van der Waals surface area contributed by atoms with Crippen molar-refractivity contribution in [2.45, 2.75) is 32.1 Å². The number of hydrogen-bond acceptors (Lipinski definition) is 6. The van der Waals surface area contributed by atoms with E-state index >= 15 is 0 Å². The summed E-state index contributed by atoms with van der Waals surface area (Å²) in [5, 5.41) is 19.7. The molecule has 0 N–H and O–H groups in total. The van der Waals surface area contributed by atoms with Crippen molar-refractivity contribution < 1.29 is 27.3 Å². The number of oxazole rings is 1. The fourth-order valence-corrected chi connectivity index (χ4v) is 3.28. The Morgan fingerprint density at radius 3 is 2.52 bits per heavy atom. The van der Waals surface area contributed by atoms with Crippen LogP contribution < -0.4 is 5.76 Å². The van der Waals surface area contributed by atoms with Crippen LogP contribution in [0.1, 0.15) is 24.0 Å². The molecule has 0 aliphatic rings. The minimum absolute atomic E-state index is 0.0000374. The maximum absolute atomic E-state index is 13.0. The van der Waals surface area contributed by atoms with Gasteiger partial charge in [-0.15, -0.1) is 0 Å². The number of aryl methyl sites for hydroxylation is 1. The minimum Gasteiger partial charge on any atom is -0.407 e. The average molecular weight is 462 g/mol. The largest absolute Gasteiger partial charge is 0.419 e. The molecule has 2 aromatic carbocycles. The molecule has 0 bridgehead atoms. The zero-order chi connectivity index (χ0) is 24.2. The first-order valence-corrected chi connectivity index (χ1v) is 9.69. The molecule has 1 aromatic heterocycles. The molecule has 0 unspecified atom stereocenters. The maximum atomic E-state index is 13.0. The molecule has 3 aromatic rings. The highest BCUT2D eigenvalue weighted by Crippen LogP contribution is 2.22. The van der Waals surface area contributed by atoms with E-state index in [1.807, 2.05) is 6.07 Å². The molecule has 0 aliphatic carbocycles. The highest BCUT2D eigenvalue weighted by Gasteiger charge is 2.33. The van der Waals surface area contributed by atoms with Crippen LogP contribution in [0.15, 0.2) is 51.7 Å². The summed E-state index contributed by atoms with van der Waals surface area (Å²) in [4.78, 5) is 35.5. The number of rotatable bonds is 8. The van der Waals surface area contributed by atoms with Gasteiger partial charge in [0, 0.05) is 25.6 Å². The number of nitriles is 1. The molecule has 12 heteroatoms. The summed E-state index contributed by atoms with van der Waals surface area (Å²) in [6, 6.07) is 11.4. The Morgan fingerprint density at radius 1 is 1.21 bits per heavy atom. The van der Waals surface area contributed by atoms with Gasteiger partial charge in [-0.1, -0.05) is 12.1 Å². The molecule has 172 valence electrons. The summed E-state index contributed by atoms with van der Waals surface area (Å²) in [7, 11) is 0. The van der Waals surface area contributed by atoms with Crippen LogP contribution in [-0.4, -0.2) is 33.0 Å². The van der Waals surface area contributed by atoms with Crippen molar-refractivity contribution in [2.24, 2.45) is 0 Å². The number of halogens is 3. The molecule has 0 atom stereocenters. The smallest absolute Gasteiger partial charge is 0.407 e. The van der Waals surface area contributed by atoms with E-state index in [0.717, 1.165) is 6.07 Å². The first kappa shape index (κ1) is 23.5. The molecule has 0 spiro atoms. The van der Waals surface area contributed by atoms with Crippen molar-refractivity contribution in [1.29, 1.82) is 5.26 Å². The van der Waals surface area contributed by atoms with Gasteiger partial charge in [0.25, 0.3) is 5.69 Å². The van der Waals surface area contributed by atoms with Gasteiger partial charge < -0.3 is 9.32 Å². The van der Waals surface area contributed by atoms with Crippen LogP contribution in [0, 0.1) is 21.4 Å². The van der Waals surface area contributed by atoms with Gasteiger partial charge in [-0.2, -0.15) is 18.4 Å². The topological polar surface area (TPSA) is 122 Å². The van der Waals surface area contributed by atoms with Crippen LogP contribution in [-0.2, 0) is 17.9 Å². The zero-order valence-electron chi connectivity index (χ0n) is 17.0. The summed E-state index contributed by atoms with van der Waals surface area (Å²) >= 11 is 0. The van der Waals surface area contributed by atoms with Crippen LogP contribution in [0.5, 0.6) is 0 Å². The molecular weight excluding hydrogens is 445 g/mol. The van der Waals surface area contributed by atoms with Gasteiger partial charge in [-0.3, -0.25) is 19.5 Å². The van der Waals surface area contributed by atoms with Gasteiger partial charge in [0.05, 0.1) is 28.1 Å². The molecular formula is C21H17F3N4O5. The number of nitro groups is 1. The van der Waals surface area contributed by atoms with Gasteiger partial charge in [0.15, 0.2) is 5.58 Å². The van der Waals surface area contributed by atoms with E-state index in [-0.39, 0.29) is 42.7 Å². The number of carbonyl (C=O) groups is 1. The summed E-state index contributed by atoms with van der Waals surface area (Å²) in [6.45, 7) is -1.75. The number of aromatic nitrogens is 1. The number of alkyl halides is 3. The monoisotopic (exact) mass is 462 g/mol. The van der Waals surface area contributed by atoms with E-state index < -0.39 is 29.3 Å². The van der Waals surface area contributed by atoms with Crippen molar-refractivity contribution in [3.63, 3.8) is 0 Å². The highest BCUT2D eigenvalue weighted by atomic mass is 19.4. The van der Waals surface area contributed by atoms with Crippen molar-refractivity contribution in [2.75, 3.05) is 6.54 Å². The third-order valence-corrected chi connectivity index (χ3v) is 4.81. The van der Waals surface area contributed by atoms with Crippen LogP contribution in [0.3, 0.4) is 0 Å². The van der Waals surface area contributed by atoms with E-state index in [0.29, 0.717) is 16.0 Å². The molecule has 3 rings (SSSR count). The third-order valence-electron chi connectivity index (χ3n) is 4.81. The Balaban J connectivity index is 1.69. The fraction of sp³-hybridized carbons (Fsp3) is 0.286. The molecule has 1 amide bonds. The molecule has 0 saturated carbocycles. The second-order valence-electron chi connectivity index (χ2n) is 7.21. The fourth-order valence-electron chi connectivity index (χ4n) is 3.28. The van der Waals surface area contributed by atoms with Crippen LogP contribution in [0.25, 0.3) is 11.1 Å². The second kappa shape index (κ2) is 9.56. The first-order valence-electron chi connectivity index (χ1n) is 9.69. The summed E-state index contributed by atoms with van der Waals surface area (Å²) in [5.74, 6) is -1.55. The number of nitro benzene ring substituents is 1. The molecule has 0 fully saturated rings. The van der Waals surface area contributed by atoms with E-state index in [2.05, 4.69) is 0 Å². The predicted octanol–water partition coefficient (Wildman–Crippen LogP) is 3.75. The summed E-state index contributed by atoms with van der Waals surface area (Å²) in [6.07, 6.45) is -4.82. The standard InChI is InChI=1S/C21H17F3N4O5/c22-21(23,24)13-26(12-15-5-3-14(11-25)4-6-15)19(29)2-1-9-27-17-8-7-16(28(31)32)10-18(17)33-20(27)30/h3-8,10H,1-2,9,12-13H2. The van der Waals surface area contributed by atoms with Crippen LogP contribution >= 0.6 is 0 Å². The molecule has 9 nitrogen and oxygen atoms in total. The Hall–Kier alpha value is -4.14. The summed E-state index contributed by atoms with van der Waals surface area (Å²) in [5.41, 5.74) is 0.799. The highest BCUT2D eigenvalue weighted by molar-refractivity contribution is 5.77. The van der Waals surface area contributed by atoms with Crippen molar-refractivity contribution in [1.82, 2.24) is 9.47 Å². The van der Waals surface area contributed by atoms with Gasteiger partial charge >= 0.3 is 11.9 Å². The van der Waals surface area contributed by atoms with Crippen molar-refractivity contribution in [3.05, 3.63) is 74.3 Å². The normalized spacial score (nSPS) is 11.3. The van der Waals surface area contributed by atoms with Gasteiger partial charge in [0.1, 0.15) is 6.54 Å². The van der Waals surface area contributed by atoms with Gasteiger partial charge in [-0.25, -0.2) is 4.79 Å². The van der Waals surface area contributed by atoms with Crippen molar-refractivity contribution >= 4 is 22.7 Å².